The molecule has 16 heavy (non-hydrogen) atoms. The normalized spacial score (nSPS) is 11.3. The number of nitrogens with one attached hydrogen (secondary N) is 1. The lowest BCUT2D eigenvalue weighted by Gasteiger charge is -2.05. The Balaban J connectivity index is 2.74. The van der Waals surface area contributed by atoms with Crippen molar-refractivity contribution >= 4 is 27.5 Å². The van der Waals surface area contributed by atoms with Gasteiger partial charge in [-0.1, -0.05) is 22.6 Å². The highest BCUT2D eigenvalue weighted by atomic mass is 35.5. The largest absolute Gasteiger partial charge is 0.368 e. The second-order valence-electron chi connectivity index (χ2n) is 2.80. The van der Waals surface area contributed by atoms with Crippen LogP contribution < -0.4 is 10.6 Å². The van der Waals surface area contributed by atoms with E-state index in [4.69, 9.17) is 17.3 Å². The number of hydrogen-bond acceptors (Lipinski definition) is 4. The first-order valence-corrected chi connectivity index (χ1v) is 5.95. The minimum absolute atomic E-state index is 0.0653. The molecular formula is C8H9ClN2O4S. The quantitative estimate of drug-likeness (QED) is 0.733. The number of halogens is 1. The highest BCUT2D eigenvalue weighted by Crippen LogP contribution is 2.14. The third-order valence-electron chi connectivity index (χ3n) is 1.49. The van der Waals surface area contributed by atoms with Crippen molar-refractivity contribution in [3.8, 4) is 0 Å². The Morgan fingerprint density at radius 1 is 1.50 bits per heavy atom. The van der Waals surface area contributed by atoms with Crippen molar-refractivity contribution in [3.63, 3.8) is 0 Å². The number of benzene rings is 1. The van der Waals surface area contributed by atoms with E-state index in [1.807, 2.05) is 0 Å². The van der Waals surface area contributed by atoms with Crippen LogP contribution in [0, 0.1) is 0 Å². The highest BCUT2D eigenvalue weighted by molar-refractivity contribution is 7.89. The maximum absolute atomic E-state index is 11.5. The monoisotopic (exact) mass is 264 g/mol. The van der Waals surface area contributed by atoms with Gasteiger partial charge in [-0.05, 0) is 18.2 Å². The van der Waals surface area contributed by atoms with E-state index in [1.165, 1.54) is 24.3 Å². The number of primary amides is 1. The fourth-order valence-corrected chi connectivity index (χ4v) is 1.97. The first-order valence-electron chi connectivity index (χ1n) is 4.09. The summed E-state index contributed by atoms with van der Waals surface area (Å²) < 4.78 is 23.0. The molecule has 0 saturated heterocycles. The van der Waals surface area contributed by atoms with Gasteiger partial charge in [0, 0.05) is 5.02 Å². The van der Waals surface area contributed by atoms with Gasteiger partial charge < -0.3 is 5.73 Å². The van der Waals surface area contributed by atoms with Crippen molar-refractivity contribution in [2.75, 3.05) is 6.61 Å². The minimum Gasteiger partial charge on any atom is -0.368 e. The van der Waals surface area contributed by atoms with Gasteiger partial charge >= 0.3 is 0 Å². The van der Waals surface area contributed by atoms with Gasteiger partial charge in [-0.25, -0.2) is 8.42 Å². The van der Waals surface area contributed by atoms with Crippen LogP contribution >= 0.6 is 11.6 Å². The summed E-state index contributed by atoms with van der Waals surface area (Å²) in [5.74, 6) is -0.784. The Morgan fingerprint density at radius 2 is 2.19 bits per heavy atom. The molecule has 0 aromatic heterocycles. The van der Waals surface area contributed by atoms with E-state index < -0.39 is 22.5 Å². The van der Waals surface area contributed by atoms with Gasteiger partial charge in [0.1, 0.15) is 6.61 Å². The molecule has 0 atom stereocenters. The molecule has 0 aliphatic heterocycles. The molecule has 0 radical (unpaired) electrons. The number of carbonyl (C=O) groups is 1. The van der Waals surface area contributed by atoms with E-state index in [0.717, 1.165) is 0 Å². The summed E-state index contributed by atoms with van der Waals surface area (Å²) in [5, 5.41) is 0.276. The highest BCUT2D eigenvalue weighted by Gasteiger charge is 2.14. The summed E-state index contributed by atoms with van der Waals surface area (Å²) in [6.07, 6.45) is 0. The zero-order chi connectivity index (χ0) is 12.2. The number of hydrogen-bond donors (Lipinski definition) is 2. The SMILES string of the molecule is NC(=O)CONS(=O)(=O)c1cccc(Cl)c1. The first-order chi connectivity index (χ1) is 7.42. The average Bonchev–Trinajstić information content (AvgIpc) is 2.16. The Morgan fingerprint density at radius 3 is 2.75 bits per heavy atom. The Bertz CT molecular complexity index is 489. The first kappa shape index (κ1) is 12.9. The molecule has 0 bridgehead atoms. The van der Waals surface area contributed by atoms with Crippen molar-refractivity contribution in [1.82, 2.24) is 4.89 Å². The number of rotatable bonds is 5. The number of sulfonamides is 1. The lowest BCUT2D eigenvalue weighted by molar-refractivity contribution is -0.123. The smallest absolute Gasteiger partial charge is 0.262 e. The maximum atomic E-state index is 11.5. The zero-order valence-corrected chi connectivity index (χ0v) is 9.59. The molecule has 6 nitrogen and oxygen atoms in total. The molecule has 0 fully saturated rings. The third-order valence-corrected chi connectivity index (χ3v) is 2.94. The lowest BCUT2D eigenvalue weighted by Crippen LogP contribution is -2.29. The van der Waals surface area contributed by atoms with Gasteiger partial charge in [0.25, 0.3) is 10.0 Å². The molecule has 1 amide bonds. The van der Waals surface area contributed by atoms with Crippen LogP contribution in [-0.2, 0) is 19.7 Å². The molecule has 88 valence electrons. The summed E-state index contributed by atoms with van der Waals surface area (Å²) >= 11 is 5.63. The molecule has 0 aliphatic carbocycles. The van der Waals surface area contributed by atoms with E-state index in [-0.39, 0.29) is 9.92 Å². The van der Waals surface area contributed by atoms with Crippen molar-refractivity contribution < 1.29 is 18.0 Å². The number of amides is 1. The molecule has 0 spiro atoms. The summed E-state index contributed by atoms with van der Waals surface area (Å²) in [5.41, 5.74) is 4.76. The number of carbonyl (C=O) groups excluding carboxylic acids is 1. The van der Waals surface area contributed by atoms with Gasteiger partial charge in [-0.15, -0.1) is 0 Å². The van der Waals surface area contributed by atoms with Crippen LogP contribution in [0.3, 0.4) is 0 Å². The fraction of sp³-hybridized carbons (Fsp3) is 0.125. The molecule has 0 unspecified atom stereocenters. The van der Waals surface area contributed by atoms with Crippen molar-refractivity contribution in [1.29, 1.82) is 0 Å². The molecule has 1 rings (SSSR count). The van der Waals surface area contributed by atoms with E-state index in [1.54, 1.807) is 4.89 Å². The van der Waals surface area contributed by atoms with Crippen LogP contribution in [0.5, 0.6) is 0 Å². The Kier molecular flexibility index (Phi) is 4.25. The molecule has 0 saturated carbocycles. The minimum atomic E-state index is -3.84. The van der Waals surface area contributed by atoms with E-state index in [0.29, 0.717) is 0 Å². The number of nitrogens with two attached hydrogens (primary N) is 1. The van der Waals surface area contributed by atoms with Gasteiger partial charge in [0.15, 0.2) is 0 Å². The second-order valence-corrected chi connectivity index (χ2v) is 4.88. The summed E-state index contributed by atoms with van der Waals surface area (Å²) in [6, 6.07) is 5.59. The average molecular weight is 265 g/mol. The lowest BCUT2D eigenvalue weighted by atomic mass is 10.4. The predicted molar refractivity (Wildman–Crippen MR) is 56.9 cm³/mol. The van der Waals surface area contributed by atoms with Crippen molar-refractivity contribution in [3.05, 3.63) is 29.3 Å². The Labute approximate surface area is 97.3 Å². The molecule has 8 heteroatoms. The van der Waals surface area contributed by atoms with Gasteiger partial charge in [-0.2, -0.15) is 0 Å². The molecule has 0 heterocycles. The zero-order valence-electron chi connectivity index (χ0n) is 8.01. The van der Waals surface area contributed by atoms with E-state index >= 15 is 0 Å². The summed E-state index contributed by atoms with van der Waals surface area (Å²) in [4.78, 5) is 16.4. The maximum Gasteiger partial charge on any atom is 0.262 e. The fourth-order valence-electron chi connectivity index (χ4n) is 0.860. The van der Waals surface area contributed by atoms with Crippen LogP contribution in [-0.4, -0.2) is 20.9 Å². The van der Waals surface area contributed by atoms with Crippen LogP contribution in [0.15, 0.2) is 29.2 Å². The summed E-state index contributed by atoms with van der Waals surface area (Å²) in [7, 11) is -3.84. The topological polar surface area (TPSA) is 98.5 Å². The van der Waals surface area contributed by atoms with Crippen molar-refractivity contribution in [2.45, 2.75) is 4.90 Å². The molecular weight excluding hydrogens is 256 g/mol. The molecule has 1 aromatic carbocycles. The predicted octanol–water partition coefficient (Wildman–Crippen LogP) is 0.0352. The van der Waals surface area contributed by atoms with E-state index in [9.17, 15) is 13.2 Å². The van der Waals surface area contributed by atoms with Crippen LogP contribution in [0.4, 0.5) is 0 Å². The molecule has 3 N–H and O–H groups in total. The van der Waals surface area contributed by atoms with Crippen LogP contribution in [0.2, 0.25) is 5.02 Å². The standard InChI is InChI=1S/C8H9ClN2O4S/c9-6-2-1-3-7(4-6)16(13,14)11-15-5-8(10)12/h1-4,11H,5H2,(H2,10,12). The van der Waals surface area contributed by atoms with E-state index in [2.05, 4.69) is 4.84 Å². The Hall–Kier alpha value is -1.15. The van der Waals surface area contributed by atoms with Gasteiger partial charge in [-0.3, -0.25) is 9.63 Å². The van der Waals surface area contributed by atoms with Crippen molar-refractivity contribution in [2.24, 2.45) is 5.73 Å². The van der Waals surface area contributed by atoms with Gasteiger partial charge in [0.2, 0.25) is 5.91 Å². The second kappa shape index (κ2) is 5.26. The molecule has 0 aliphatic rings. The van der Waals surface area contributed by atoms with Gasteiger partial charge in [0.05, 0.1) is 4.90 Å². The summed E-state index contributed by atoms with van der Waals surface area (Å²) in [6.45, 7) is -0.542. The molecule has 1 aromatic rings. The third kappa shape index (κ3) is 3.78. The van der Waals surface area contributed by atoms with Crippen LogP contribution in [0.1, 0.15) is 0 Å². The van der Waals surface area contributed by atoms with Crippen LogP contribution in [0.25, 0.3) is 0 Å².